The van der Waals surface area contributed by atoms with E-state index in [1.165, 1.54) is 11.3 Å². The minimum atomic E-state index is -0.920. The summed E-state index contributed by atoms with van der Waals surface area (Å²) in [6.45, 7) is 7.60. The van der Waals surface area contributed by atoms with Crippen molar-refractivity contribution in [1.29, 1.82) is 0 Å². The maximum atomic E-state index is 12.0. The molecule has 1 aromatic carbocycles. The summed E-state index contributed by atoms with van der Waals surface area (Å²) in [6.07, 6.45) is 0. The highest BCUT2D eigenvalue weighted by atomic mass is 35.5. The summed E-state index contributed by atoms with van der Waals surface area (Å²) < 4.78 is 0. The van der Waals surface area contributed by atoms with Crippen LogP contribution in [0, 0.1) is 0 Å². The monoisotopic (exact) mass is 339 g/mol. The molecule has 0 saturated carbocycles. The fourth-order valence-electron chi connectivity index (χ4n) is 1.84. The van der Waals surface area contributed by atoms with Crippen LogP contribution in [0.4, 0.5) is 5.13 Å². The van der Waals surface area contributed by atoms with Gasteiger partial charge in [-0.3, -0.25) is 4.79 Å². The first-order valence-electron chi connectivity index (χ1n) is 6.95. The fourth-order valence-corrected chi connectivity index (χ4v) is 2.82. The van der Waals surface area contributed by atoms with Gasteiger partial charge < -0.3 is 11.1 Å². The van der Waals surface area contributed by atoms with Gasteiger partial charge in [0.2, 0.25) is 5.91 Å². The molecule has 6 heteroatoms. The Morgan fingerprint density at radius 2 is 1.86 bits per heavy atom. The highest BCUT2D eigenvalue weighted by Gasteiger charge is 2.24. The van der Waals surface area contributed by atoms with Crippen LogP contribution in [0.1, 0.15) is 38.5 Å². The first-order valence-corrected chi connectivity index (χ1v) is 7.77. The predicted octanol–water partition coefficient (Wildman–Crippen LogP) is 4.03. The van der Waals surface area contributed by atoms with E-state index in [4.69, 9.17) is 5.73 Å². The molecule has 22 heavy (non-hydrogen) atoms. The van der Waals surface area contributed by atoms with Crippen molar-refractivity contribution < 1.29 is 4.79 Å². The number of rotatable bonds is 4. The van der Waals surface area contributed by atoms with Crippen LogP contribution in [0.25, 0.3) is 11.3 Å². The summed E-state index contributed by atoms with van der Waals surface area (Å²) in [6, 6.07) is 10.0. The molecule has 0 aliphatic heterocycles. The lowest BCUT2D eigenvalue weighted by molar-refractivity contribution is -0.120. The maximum absolute atomic E-state index is 12.0. The zero-order valence-electron chi connectivity index (χ0n) is 13.2. The van der Waals surface area contributed by atoms with Crippen LogP contribution < -0.4 is 11.1 Å². The number of thiazole rings is 1. The number of hydrogen-bond donors (Lipinski definition) is 2. The average molecular weight is 340 g/mol. The fraction of sp³-hybridized carbons (Fsp3) is 0.375. The number of carbonyl (C=O) groups excluding carboxylic acids is 1. The van der Waals surface area contributed by atoms with Gasteiger partial charge in [-0.2, -0.15) is 0 Å². The van der Waals surface area contributed by atoms with E-state index in [9.17, 15) is 4.79 Å². The first kappa shape index (κ1) is 18.6. The second-order valence-corrected chi connectivity index (χ2v) is 6.96. The molecule has 1 aromatic heterocycles. The number of aromatic nitrogens is 1. The molecule has 0 bridgehead atoms. The van der Waals surface area contributed by atoms with Gasteiger partial charge in [0, 0.05) is 10.4 Å². The van der Waals surface area contributed by atoms with Gasteiger partial charge in [0.25, 0.3) is 0 Å². The number of benzene rings is 1. The van der Waals surface area contributed by atoms with Gasteiger partial charge in [0.05, 0.1) is 11.2 Å². The Morgan fingerprint density at radius 3 is 2.36 bits per heavy atom. The van der Waals surface area contributed by atoms with Gasteiger partial charge in [0.15, 0.2) is 5.13 Å². The Morgan fingerprint density at radius 1 is 1.27 bits per heavy atom. The van der Waals surface area contributed by atoms with Crippen LogP contribution in [0.5, 0.6) is 0 Å². The summed E-state index contributed by atoms with van der Waals surface area (Å²) in [5, 5.41) is 3.41. The highest BCUT2D eigenvalue weighted by Crippen LogP contribution is 2.36. The van der Waals surface area contributed by atoms with E-state index in [2.05, 4.69) is 24.1 Å². The molecule has 3 N–H and O–H groups in total. The van der Waals surface area contributed by atoms with Crippen molar-refractivity contribution >= 4 is 34.8 Å². The molecule has 0 radical (unpaired) electrons. The van der Waals surface area contributed by atoms with E-state index in [0.29, 0.717) is 11.0 Å². The predicted molar refractivity (Wildman–Crippen MR) is 95.8 cm³/mol. The van der Waals surface area contributed by atoms with E-state index in [0.717, 1.165) is 16.1 Å². The summed E-state index contributed by atoms with van der Waals surface area (Å²) >= 11 is 1.51. The Bertz CT molecular complexity index is 633. The number of hydrogen-bond acceptors (Lipinski definition) is 4. The van der Waals surface area contributed by atoms with Crippen molar-refractivity contribution in [3.05, 3.63) is 35.2 Å². The molecular weight excluding hydrogens is 318 g/mol. The van der Waals surface area contributed by atoms with E-state index in [-0.39, 0.29) is 18.3 Å². The minimum absolute atomic E-state index is 0. The molecule has 0 saturated heterocycles. The summed E-state index contributed by atoms with van der Waals surface area (Å²) in [5.41, 5.74) is 6.88. The molecule has 4 nitrogen and oxygen atoms in total. The third-order valence-corrected chi connectivity index (χ3v) is 4.30. The van der Waals surface area contributed by atoms with Crippen LogP contribution in [0.15, 0.2) is 30.3 Å². The van der Waals surface area contributed by atoms with Gasteiger partial charge in [-0.05, 0) is 19.8 Å². The third kappa shape index (κ3) is 4.29. The van der Waals surface area contributed by atoms with E-state index >= 15 is 0 Å². The first-order chi connectivity index (χ1) is 9.79. The summed E-state index contributed by atoms with van der Waals surface area (Å²) in [7, 11) is 0. The van der Waals surface area contributed by atoms with Crippen molar-refractivity contribution in [2.24, 2.45) is 5.73 Å². The standard InChI is InChI=1S/C16H21N3OS.ClH/c1-10(2)13-12(11-8-6-5-7-9-11)18-15(21-13)19-14(20)16(3,4)17;/h5-10H,17H2,1-4H3,(H,18,19,20);1H. The average Bonchev–Trinajstić information content (AvgIpc) is 2.83. The van der Waals surface area contributed by atoms with Crippen LogP contribution >= 0.6 is 23.7 Å². The van der Waals surface area contributed by atoms with Gasteiger partial charge in [0.1, 0.15) is 0 Å². The van der Waals surface area contributed by atoms with Gasteiger partial charge >= 0.3 is 0 Å². The molecule has 120 valence electrons. The Hall–Kier alpha value is -1.43. The molecule has 0 atom stereocenters. The molecule has 2 aromatic rings. The topological polar surface area (TPSA) is 68.0 Å². The second-order valence-electron chi connectivity index (χ2n) is 5.93. The van der Waals surface area contributed by atoms with Gasteiger partial charge in [-0.25, -0.2) is 4.98 Å². The lowest BCUT2D eigenvalue weighted by atomic mass is 10.1. The molecule has 0 aliphatic rings. The quantitative estimate of drug-likeness (QED) is 0.883. The number of anilines is 1. The number of nitrogens with two attached hydrogens (primary N) is 1. The van der Waals surface area contributed by atoms with Crippen LogP contribution in [0.3, 0.4) is 0 Å². The van der Waals surface area contributed by atoms with E-state index < -0.39 is 5.54 Å². The SMILES string of the molecule is CC(C)c1sc(NC(=O)C(C)(C)N)nc1-c1ccccc1.Cl. The van der Waals surface area contributed by atoms with Gasteiger partial charge in [-0.15, -0.1) is 23.7 Å². The normalized spacial score (nSPS) is 11.2. The lowest BCUT2D eigenvalue weighted by Gasteiger charge is -2.16. The van der Waals surface area contributed by atoms with Crippen molar-refractivity contribution in [3.63, 3.8) is 0 Å². The smallest absolute Gasteiger partial charge is 0.245 e. The largest absolute Gasteiger partial charge is 0.318 e. The number of nitrogens with one attached hydrogen (secondary N) is 1. The van der Waals surface area contributed by atoms with E-state index in [1.807, 2.05) is 30.3 Å². The zero-order chi connectivity index (χ0) is 15.6. The molecule has 0 fully saturated rings. The minimum Gasteiger partial charge on any atom is -0.318 e. The highest BCUT2D eigenvalue weighted by molar-refractivity contribution is 7.16. The second kappa shape index (κ2) is 7.22. The summed E-state index contributed by atoms with van der Waals surface area (Å²) in [5.74, 6) is 0.111. The molecule has 0 aliphatic carbocycles. The third-order valence-electron chi connectivity index (χ3n) is 3.03. The van der Waals surface area contributed by atoms with Crippen molar-refractivity contribution in [1.82, 2.24) is 4.98 Å². The molecule has 1 amide bonds. The molecule has 1 heterocycles. The number of halogens is 1. The molecule has 0 unspecified atom stereocenters. The van der Waals surface area contributed by atoms with E-state index in [1.54, 1.807) is 13.8 Å². The Kier molecular flexibility index (Phi) is 6.11. The lowest BCUT2D eigenvalue weighted by Crippen LogP contribution is -2.45. The number of nitrogens with zero attached hydrogens (tertiary/aromatic N) is 1. The number of amides is 1. The maximum Gasteiger partial charge on any atom is 0.245 e. The Balaban J connectivity index is 0.00000242. The summed E-state index contributed by atoms with van der Waals surface area (Å²) in [4.78, 5) is 17.7. The zero-order valence-corrected chi connectivity index (χ0v) is 14.8. The van der Waals surface area contributed by atoms with Gasteiger partial charge in [-0.1, -0.05) is 44.2 Å². The molecular formula is C16H22ClN3OS. The molecule has 2 rings (SSSR count). The van der Waals surface area contributed by atoms with Crippen LogP contribution in [-0.4, -0.2) is 16.4 Å². The van der Waals surface area contributed by atoms with Crippen molar-refractivity contribution in [3.8, 4) is 11.3 Å². The van der Waals surface area contributed by atoms with Crippen LogP contribution in [-0.2, 0) is 4.79 Å². The van der Waals surface area contributed by atoms with Crippen molar-refractivity contribution in [2.75, 3.05) is 5.32 Å². The van der Waals surface area contributed by atoms with Crippen molar-refractivity contribution in [2.45, 2.75) is 39.2 Å². The Labute approximate surface area is 141 Å². The molecule has 0 spiro atoms. The van der Waals surface area contributed by atoms with Crippen LogP contribution in [0.2, 0.25) is 0 Å². The number of carbonyl (C=O) groups is 1.